The fourth-order valence-corrected chi connectivity index (χ4v) is 2.74. The van der Waals surface area contributed by atoms with Crippen LogP contribution in [-0.4, -0.2) is 50.1 Å². The van der Waals surface area contributed by atoms with Gasteiger partial charge in [0.05, 0.1) is 0 Å². The van der Waals surface area contributed by atoms with Crippen LogP contribution >= 0.6 is 24.8 Å². The molecule has 0 aromatic carbocycles. The van der Waals surface area contributed by atoms with Gasteiger partial charge in [0.25, 0.3) is 0 Å². The molecule has 1 saturated heterocycles. The molecule has 1 rings (SSSR count). The third-order valence-electron chi connectivity index (χ3n) is 4.02. The molecule has 0 aliphatic carbocycles. The van der Waals surface area contributed by atoms with Crippen LogP contribution in [0.2, 0.25) is 0 Å². The van der Waals surface area contributed by atoms with E-state index in [2.05, 4.69) is 22.5 Å². The number of unbranched alkanes of at least 4 members (excludes halogenated alkanes) is 1. The van der Waals surface area contributed by atoms with Crippen molar-refractivity contribution < 1.29 is 4.79 Å². The molecule has 2 atom stereocenters. The van der Waals surface area contributed by atoms with Gasteiger partial charge in [-0.15, -0.1) is 24.8 Å². The molecule has 4 nitrogen and oxygen atoms in total. The number of halogens is 2. The van der Waals surface area contributed by atoms with E-state index in [1.54, 1.807) is 0 Å². The van der Waals surface area contributed by atoms with Crippen LogP contribution in [0.5, 0.6) is 0 Å². The van der Waals surface area contributed by atoms with E-state index in [0.717, 1.165) is 13.1 Å². The van der Waals surface area contributed by atoms with Gasteiger partial charge < -0.3 is 10.6 Å². The second-order valence-corrected chi connectivity index (χ2v) is 5.74. The molecule has 1 aliphatic rings. The van der Waals surface area contributed by atoms with Crippen LogP contribution in [0.1, 0.15) is 46.0 Å². The lowest BCUT2D eigenvalue weighted by Crippen LogP contribution is -2.48. The Morgan fingerprint density at radius 1 is 1.33 bits per heavy atom. The zero-order valence-electron chi connectivity index (χ0n) is 13.7. The molecule has 0 bridgehead atoms. The molecule has 0 radical (unpaired) electrons. The Kier molecular flexibility index (Phi) is 15.1. The summed E-state index contributed by atoms with van der Waals surface area (Å²) in [4.78, 5) is 14.5. The van der Waals surface area contributed by atoms with E-state index < -0.39 is 0 Å². The summed E-state index contributed by atoms with van der Waals surface area (Å²) in [5, 5.41) is 6.17. The molecule has 2 N–H and O–H groups in total. The van der Waals surface area contributed by atoms with Gasteiger partial charge in [-0.05, 0) is 39.4 Å². The van der Waals surface area contributed by atoms with Gasteiger partial charge in [0.1, 0.15) is 0 Å². The minimum atomic E-state index is 0. The highest BCUT2D eigenvalue weighted by molar-refractivity contribution is 5.85. The Morgan fingerprint density at radius 2 is 2.05 bits per heavy atom. The van der Waals surface area contributed by atoms with Gasteiger partial charge in [-0.1, -0.05) is 26.7 Å². The van der Waals surface area contributed by atoms with Crippen LogP contribution in [0.4, 0.5) is 0 Å². The largest absolute Gasteiger partial charge is 0.354 e. The number of hydrogen-bond acceptors (Lipinski definition) is 3. The maximum absolute atomic E-state index is 11.9. The lowest BCUT2D eigenvalue weighted by molar-refractivity contribution is -0.124. The molecule has 1 amide bonds. The standard InChI is InChI=1S/C15H31N3O.2ClH/c1-4-5-9-18-10-7-6-8-14(18)12-17-15(19)13(2)11-16-3;;/h13-14,16H,4-12H2,1-3H3,(H,17,19);2*1H. The van der Waals surface area contributed by atoms with Crippen LogP contribution in [0.25, 0.3) is 0 Å². The van der Waals surface area contributed by atoms with Crippen molar-refractivity contribution in [2.24, 2.45) is 5.92 Å². The van der Waals surface area contributed by atoms with Gasteiger partial charge in [-0.2, -0.15) is 0 Å². The van der Waals surface area contributed by atoms with Crippen LogP contribution in [0.15, 0.2) is 0 Å². The van der Waals surface area contributed by atoms with E-state index in [0.29, 0.717) is 6.04 Å². The molecule has 0 aromatic heterocycles. The number of amides is 1. The van der Waals surface area contributed by atoms with E-state index in [4.69, 9.17) is 0 Å². The highest BCUT2D eigenvalue weighted by Gasteiger charge is 2.22. The zero-order valence-corrected chi connectivity index (χ0v) is 15.3. The van der Waals surface area contributed by atoms with Crippen molar-refractivity contribution in [3.8, 4) is 0 Å². The average Bonchev–Trinajstić information content (AvgIpc) is 2.43. The normalized spacial score (nSPS) is 20.0. The summed E-state index contributed by atoms with van der Waals surface area (Å²) in [6.45, 7) is 8.16. The number of nitrogens with zero attached hydrogens (tertiary/aromatic N) is 1. The summed E-state index contributed by atoms with van der Waals surface area (Å²) in [5.74, 6) is 0.230. The van der Waals surface area contributed by atoms with Crippen molar-refractivity contribution in [1.82, 2.24) is 15.5 Å². The monoisotopic (exact) mass is 341 g/mol. The summed E-state index contributed by atoms with van der Waals surface area (Å²) in [6.07, 6.45) is 6.35. The first-order valence-electron chi connectivity index (χ1n) is 7.85. The Bertz CT molecular complexity index is 267. The van der Waals surface area contributed by atoms with Gasteiger partial charge in [0.2, 0.25) is 5.91 Å². The number of piperidine rings is 1. The van der Waals surface area contributed by atoms with E-state index in [-0.39, 0.29) is 36.6 Å². The zero-order chi connectivity index (χ0) is 14.1. The molecular formula is C15H33Cl2N3O. The highest BCUT2D eigenvalue weighted by atomic mass is 35.5. The molecular weight excluding hydrogens is 309 g/mol. The fourth-order valence-electron chi connectivity index (χ4n) is 2.74. The summed E-state index contributed by atoms with van der Waals surface area (Å²) in [6, 6.07) is 0.547. The topological polar surface area (TPSA) is 44.4 Å². The third kappa shape index (κ3) is 8.87. The van der Waals surface area contributed by atoms with E-state index in [1.165, 1.54) is 45.2 Å². The fraction of sp³-hybridized carbons (Fsp3) is 0.933. The van der Waals surface area contributed by atoms with Crippen LogP contribution in [-0.2, 0) is 4.79 Å². The number of likely N-dealkylation sites (tertiary alicyclic amines) is 1. The first-order valence-corrected chi connectivity index (χ1v) is 7.85. The van der Waals surface area contributed by atoms with Crippen molar-refractivity contribution in [1.29, 1.82) is 0 Å². The highest BCUT2D eigenvalue weighted by Crippen LogP contribution is 2.17. The first-order chi connectivity index (χ1) is 9.19. The van der Waals surface area contributed by atoms with Crippen LogP contribution in [0, 0.1) is 5.92 Å². The lowest BCUT2D eigenvalue weighted by Gasteiger charge is -2.36. The molecule has 0 saturated carbocycles. The number of carbonyl (C=O) groups is 1. The van der Waals surface area contributed by atoms with Crippen LogP contribution in [0.3, 0.4) is 0 Å². The lowest BCUT2D eigenvalue weighted by atomic mass is 10.0. The third-order valence-corrected chi connectivity index (χ3v) is 4.02. The average molecular weight is 342 g/mol. The van der Waals surface area contributed by atoms with Crippen molar-refractivity contribution in [3.05, 3.63) is 0 Å². The molecule has 128 valence electrons. The Labute approximate surface area is 142 Å². The van der Waals surface area contributed by atoms with E-state index in [9.17, 15) is 4.79 Å². The molecule has 1 fully saturated rings. The Morgan fingerprint density at radius 3 is 2.67 bits per heavy atom. The van der Waals surface area contributed by atoms with Crippen LogP contribution < -0.4 is 10.6 Å². The first kappa shape index (κ1) is 23.2. The molecule has 6 heteroatoms. The molecule has 0 aromatic rings. The number of hydrogen-bond donors (Lipinski definition) is 2. The Balaban J connectivity index is 0. The minimum Gasteiger partial charge on any atom is -0.354 e. The predicted molar refractivity (Wildman–Crippen MR) is 94.7 cm³/mol. The number of nitrogens with one attached hydrogen (secondary N) is 2. The summed E-state index contributed by atoms with van der Waals surface area (Å²) in [5.41, 5.74) is 0. The maximum atomic E-state index is 11.9. The minimum absolute atomic E-state index is 0. The van der Waals surface area contributed by atoms with E-state index in [1.807, 2.05) is 14.0 Å². The van der Waals surface area contributed by atoms with E-state index >= 15 is 0 Å². The smallest absolute Gasteiger partial charge is 0.224 e. The predicted octanol–water partition coefficient (Wildman–Crippen LogP) is 2.46. The van der Waals surface area contributed by atoms with Crippen molar-refractivity contribution >= 4 is 30.7 Å². The SMILES string of the molecule is CCCCN1CCCCC1CNC(=O)C(C)CNC.Cl.Cl. The van der Waals surface area contributed by atoms with Crippen molar-refractivity contribution in [2.75, 3.05) is 33.2 Å². The quantitative estimate of drug-likeness (QED) is 0.712. The summed E-state index contributed by atoms with van der Waals surface area (Å²) in [7, 11) is 1.89. The second kappa shape index (κ2) is 13.6. The van der Waals surface area contributed by atoms with Gasteiger partial charge in [-0.3, -0.25) is 9.69 Å². The van der Waals surface area contributed by atoms with Gasteiger partial charge >= 0.3 is 0 Å². The Hall–Kier alpha value is -0.0300. The molecule has 2 unspecified atom stereocenters. The summed E-state index contributed by atoms with van der Waals surface area (Å²) < 4.78 is 0. The maximum Gasteiger partial charge on any atom is 0.224 e. The summed E-state index contributed by atoms with van der Waals surface area (Å²) >= 11 is 0. The molecule has 21 heavy (non-hydrogen) atoms. The number of rotatable bonds is 8. The van der Waals surface area contributed by atoms with Gasteiger partial charge in [0.15, 0.2) is 0 Å². The molecule has 0 spiro atoms. The van der Waals surface area contributed by atoms with Crippen molar-refractivity contribution in [2.45, 2.75) is 52.0 Å². The van der Waals surface area contributed by atoms with Gasteiger partial charge in [0, 0.05) is 25.0 Å². The van der Waals surface area contributed by atoms with Crippen molar-refractivity contribution in [3.63, 3.8) is 0 Å². The molecule has 1 heterocycles. The molecule has 1 aliphatic heterocycles. The second-order valence-electron chi connectivity index (χ2n) is 5.74. The van der Waals surface area contributed by atoms with Gasteiger partial charge in [-0.25, -0.2) is 0 Å². The number of carbonyl (C=O) groups excluding carboxylic acids is 1.